The van der Waals surface area contributed by atoms with Crippen LogP contribution in [-0.2, 0) is 0 Å². The van der Waals surface area contributed by atoms with E-state index in [0.717, 1.165) is 0 Å². The number of Topliss-reactive ketones (excluding diaryl/α,β-unsaturated/α-hetero) is 1. The molecule has 4 heteroatoms. The summed E-state index contributed by atoms with van der Waals surface area (Å²) in [5.74, 6) is -0.268. The molecule has 0 bridgehead atoms. The number of hydrogen-bond donors (Lipinski definition) is 2. The van der Waals surface area contributed by atoms with Gasteiger partial charge in [0, 0.05) is 17.2 Å². The standard InChI is InChI=1S/C13H13NO3/c1-8-7-12(16)14(13(8)17)11-6-4-3-5-10(11)9(2)15/h3-7,16-17H,1-2H3. The first-order chi connectivity index (χ1) is 8.02. The highest BCUT2D eigenvalue weighted by Crippen LogP contribution is 2.32. The topological polar surface area (TPSA) is 62.5 Å². The van der Waals surface area contributed by atoms with Crippen LogP contribution in [-0.4, -0.2) is 20.6 Å². The van der Waals surface area contributed by atoms with E-state index >= 15 is 0 Å². The van der Waals surface area contributed by atoms with E-state index in [1.807, 2.05) is 0 Å². The van der Waals surface area contributed by atoms with Gasteiger partial charge in [0.1, 0.15) is 0 Å². The Hall–Kier alpha value is -2.23. The van der Waals surface area contributed by atoms with Gasteiger partial charge in [-0.1, -0.05) is 12.1 Å². The molecule has 0 radical (unpaired) electrons. The normalized spacial score (nSPS) is 10.5. The number of carbonyl (C=O) groups excluding carboxylic acids is 1. The Bertz CT molecular complexity index is 584. The van der Waals surface area contributed by atoms with E-state index in [2.05, 4.69) is 0 Å². The molecule has 0 atom stereocenters. The third-order valence-corrected chi connectivity index (χ3v) is 2.66. The van der Waals surface area contributed by atoms with Crippen LogP contribution in [0.1, 0.15) is 22.8 Å². The Labute approximate surface area is 98.8 Å². The fourth-order valence-electron chi connectivity index (χ4n) is 1.81. The van der Waals surface area contributed by atoms with Gasteiger partial charge in [-0.25, -0.2) is 0 Å². The molecule has 2 aromatic rings. The predicted octanol–water partition coefficient (Wildman–Crippen LogP) is 2.40. The van der Waals surface area contributed by atoms with Gasteiger partial charge in [-0.2, -0.15) is 0 Å². The van der Waals surface area contributed by atoms with E-state index in [1.54, 1.807) is 31.2 Å². The van der Waals surface area contributed by atoms with Crippen molar-refractivity contribution in [3.63, 3.8) is 0 Å². The van der Waals surface area contributed by atoms with Crippen LogP contribution in [0.5, 0.6) is 11.8 Å². The molecular weight excluding hydrogens is 218 g/mol. The Morgan fingerprint density at radius 3 is 2.41 bits per heavy atom. The maximum absolute atomic E-state index is 11.5. The molecule has 0 spiro atoms. The van der Waals surface area contributed by atoms with Crippen molar-refractivity contribution in [3.05, 3.63) is 41.5 Å². The number of aromatic hydroxyl groups is 2. The molecule has 1 heterocycles. The van der Waals surface area contributed by atoms with Crippen molar-refractivity contribution in [2.45, 2.75) is 13.8 Å². The van der Waals surface area contributed by atoms with Gasteiger partial charge in [0.15, 0.2) is 11.7 Å². The molecule has 0 unspecified atom stereocenters. The number of ketones is 1. The smallest absolute Gasteiger partial charge is 0.201 e. The molecule has 1 aromatic carbocycles. The van der Waals surface area contributed by atoms with Crippen LogP contribution < -0.4 is 0 Å². The average molecular weight is 231 g/mol. The lowest BCUT2D eigenvalue weighted by molar-refractivity contribution is 0.101. The SMILES string of the molecule is CC(=O)c1ccccc1-n1c(O)cc(C)c1O. The van der Waals surface area contributed by atoms with Gasteiger partial charge in [-0.15, -0.1) is 0 Å². The number of carbonyl (C=O) groups is 1. The number of para-hydroxylation sites is 1. The maximum Gasteiger partial charge on any atom is 0.201 e. The van der Waals surface area contributed by atoms with Gasteiger partial charge in [-0.3, -0.25) is 9.36 Å². The Balaban J connectivity index is 2.72. The van der Waals surface area contributed by atoms with Crippen LogP contribution in [0.15, 0.2) is 30.3 Å². The van der Waals surface area contributed by atoms with E-state index in [0.29, 0.717) is 16.8 Å². The molecule has 2 N–H and O–H groups in total. The number of benzene rings is 1. The minimum atomic E-state index is -0.120. The van der Waals surface area contributed by atoms with Crippen molar-refractivity contribution in [3.8, 4) is 17.4 Å². The molecule has 0 aliphatic heterocycles. The second kappa shape index (κ2) is 3.97. The van der Waals surface area contributed by atoms with Crippen LogP contribution in [0.3, 0.4) is 0 Å². The van der Waals surface area contributed by atoms with Gasteiger partial charge in [0.25, 0.3) is 0 Å². The number of aryl methyl sites for hydroxylation is 1. The van der Waals surface area contributed by atoms with Crippen molar-refractivity contribution in [1.29, 1.82) is 0 Å². The van der Waals surface area contributed by atoms with Crippen molar-refractivity contribution < 1.29 is 15.0 Å². The lowest BCUT2D eigenvalue weighted by Crippen LogP contribution is -2.02. The minimum absolute atomic E-state index is 0.0591. The monoisotopic (exact) mass is 231 g/mol. The first-order valence-electron chi connectivity index (χ1n) is 5.23. The molecule has 0 fully saturated rings. The summed E-state index contributed by atoms with van der Waals surface area (Å²) in [6, 6.07) is 8.27. The van der Waals surface area contributed by atoms with Gasteiger partial charge in [0.2, 0.25) is 5.88 Å². The summed E-state index contributed by atoms with van der Waals surface area (Å²) in [5.41, 5.74) is 1.48. The van der Waals surface area contributed by atoms with Crippen LogP contribution in [0.2, 0.25) is 0 Å². The molecule has 0 saturated carbocycles. The van der Waals surface area contributed by atoms with Crippen LogP contribution in [0.4, 0.5) is 0 Å². The fraction of sp³-hybridized carbons (Fsp3) is 0.154. The zero-order valence-electron chi connectivity index (χ0n) is 9.64. The minimum Gasteiger partial charge on any atom is -0.494 e. The van der Waals surface area contributed by atoms with Crippen LogP contribution >= 0.6 is 0 Å². The van der Waals surface area contributed by atoms with Crippen LogP contribution in [0, 0.1) is 6.92 Å². The Morgan fingerprint density at radius 2 is 1.88 bits per heavy atom. The summed E-state index contributed by atoms with van der Waals surface area (Å²) in [6.45, 7) is 3.13. The van der Waals surface area contributed by atoms with Crippen molar-refractivity contribution in [2.24, 2.45) is 0 Å². The molecule has 2 rings (SSSR count). The van der Waals surface area contributed by atoms with Crippen molar-refractivity contribution >= 4 is 5.78 Å². The second-order valence-electron chi connectivity index (χ2n) is 3.92. The van der Waals surface area contributed by atoms with Gasteiger partial charge in [-0.05, 0) is 26.0 Å². The molecule has 0 aliphatic rings. The van der Waals surface area contributed by atoms with E-state index in [4.69, 9.17) is 0 Å². The number of hydrogen-bond acceptors (Lipinski definition) is 3. The van der Waals surface area contributed by atoms with Gasteiger partial charge in [0.05, 0.1) is 5.69 Å². The molecule has 1 aromatic heterocycles. The highest BCUT2D eigenvalue weighted by molar-refractivity contribution is 5.97. The summed E-state index contributed by atoms with van der Waals surface area (Å²) in [5, 5.41) is 19.6. The van der Waals surface area contributed by atoms with Crippen LogP contribution in [0.25, 0.3) is 5.69 Å². The van der Waals surface area contributed by atoms with Crippen molar-refractivity contribution in [2.75, 3.05) is 0 Å². The van der Waals surface area contributed by atoms with E-state index < -0.39 is 0 Å². The summed E-state index contributed by atoms with van der Waals surface area (Å²) >= 11 is 0. The molecule has 0 aliphatic carbocycles. The molecular formula is C13H13NO3. The lowest BCUT2D eigenvalue weighted by atomic mass is 10.1. The summed E-state index contributed by atoms with van der Waals surface area (Å²) in [4.78, 5) is 11.5. The first kappa shape index (κ1) is 11.3. The maximum atomic E-state index is 11.5. The molecule has 88 valence electrons. The van der Waals surface area contributed by atoms with Crippen molar-refractivity contribution in [1.82, 2.24) is 4.57 Å². The molecule has 0 amide bonds. The number of rotatable bonds is 2. The number of aromatic nitrogens is 1. The predicted molar refractivity (Wildman–Crippen MR) is 63.8 cm³/mol. The quantitative estimate of drug-likeness (QED) is 0.780. The lowest BCUT2D eigenvalue weighted by Gasteiger charge is -2.10. The third-order valence-electron chi connectivity index (χ3n) is 2.66. The summed E-state index contributed by atoms with van der Waals surface area (Å²) in [6.07, 6.45) is 0. The highest BCUT2D eigenvalue weighted by Gasteiger charge is 2.16. The van der Waals surface area contributed by atoms with E-state index in [9.17, 15) is 15.0 Å². The zero-order valence-corrected chi connectivity index (χ0v) is 9.64. The highest BCUT2D eigenvalue weighted by atomic mass is 16.3. The largest absolute Gasteiger partial charge is 0.494 e. The van der Waals surface area contributed by atoms with Gasteiger partial charge < -0.3 is 10.2 Å². The fourth-order valence-corrected chi connectivity index (χ4v) is 1.81. The molecule has 17 heavy (non-hydrogen) atoms. The van der Waals surface area contributed by atoms with E-state index in [-0.39, 0.29) is 17.5 Å². The third kappa shape index (κ3) is 1.78. The Morgan fingerprint density at radius 1 is 1.24 bits per heavy atom. The summed E-state index contributed by atoms with van der Waals surface area (Å²) < 4.78 is 1.26. The molecule has 0 saturated heterocycles. The zero-order chi connectivity index (χ0) is 12.6. The second-order valence-corrected chi connectivity index (χ2v) is 3.92. The van der Waals surface area contributed by atoms with E-state index in [1.165, 1.54) is 17.6 Å². The average Bonchev–Trinajstić information content (AvgIpc) is 2.53. The number of nitrogens with zero attached hydrogens (tertiary/aromatic N) is 1. The van der Waals surface area contributed by atoms with Gasteiger partial charge >= 0.3 is 0 Å². The first-order valence-corrected chi connectivity index (χ1v) is 5.23. The Kier molecular flexibility index (Phi) is 2.63. The molecule has 4 nitrogen and oxygen atoms in total. The summed E-state index contributed by atoms with van der Waals surface area (Å²) in [7, 11) is 0.